The number of fused-ring (bicyclic) bond motifs is 1. The van der Waals surface area contributed by atoms with Gasteiger partial charge in [0.25, 0.3) is 11.8 Å². The quantitative estimate of drug-likeness (QED) is 0.805. The Morgan fingerprint density at radius 1 is 0.833 bits per heavy atom. The molecular formula is C21H19NO2. The number of carbonyl (C=O) groups excluding carboxylic acids is 2. The Labute approximate surface area is 141 Å². The molecule has 3 nitrogen and oxygen atoms in total. The zero-order valence-corrected chi connectivity index (χ0v) is 13.4. The van der Waals surface area contributed by atoms with Gasteiger partial charge in [-0.05, 0) is 41.9 Å². The summed E-state index contributed by atoms with van der Waals surface area (Å²) in [5.41, 5.74) is 3.74. The van der Waals surface area contributed by atoms with E-state index in [2.05, 4.69) is 36.4 Å². The average molecular weight is 317 g/mol. The smallest absolute Gasteiger partial charge is 0.254 e. The molecule has 0 fully saturated rings. The van der Waals surface area contributed by atoms with Crippen LogP contribution in [0.4, 0.5) is 0 Å². The molecule has 1 aliphatic heterocycles. The molecule has 0 saturated heterocycles. The van der Waals surface area contributed by atoms with Gasteiger partial charge in [0.15, 0.2) is 0 Å². The van der Waals surface area contributed by atoms with E-state index in [1.165, 1.54) is 28.2 Å². The first kappa shape index (κ1) is 14.9. The van der Waals surface area contributed by atoms with Gasteiger partial charge in [-0.25, -0.2) is 0 Å². The first-order valence-electron chi connectivity index (χ1n) is 8.42. The zero-order chi connectivity index (χ0) is 16.5. The molecule has 0 saturated carbocycles. The van der Waals surface area contributed by atoms with Crippen LogP contribution in [0, 0.1) is 0 Å². The van der Waals surface area contributed by atoms with Gasteiger partial charge in [-0.15, -0.1) is 0 Å². The average Bonchev–Trinajstić information content (AvgIpc) is 3.14. The molecule has 4 rings (SSSR count). The van der Waals surface area contributed by atoms with Gasteiger partial charge in [0.2, 0.25) is 0 Å². The second-order valence-electron chi connectivity index (χ2n) is 6.48. The summed E-state index contributed by atoms with van der Waals surface area (Å²) in [6.45, 7) is 0. The molecule has 0 spiro atoms. The number of rotatable bonds is 4. The standard InChI is InChI=1S/C21H19NO2/c23-20-12-13-21(24)22(20)19-14-16(17-8-4-5-9-18(17)19)11-10-15-6-2-1-3-7-15/h1-9,12-13,16,19H,10-11,14H2/t16-,19-/m0/s1. The lowest BCUT2D eigenvalue weighted by molar-refractivity contribution is -0.139. The van der Waals surface area contributed by atoms with Crippen LogP contribution in [-0.2, 0) is 16.0 Å². The molecule has 2 aromatic carbocycles. The van der Waals surface area contributed by atoms with E-state index in [0.29, 0.717) is 5.92 Å². The van der Waals surface area contributed by atoms with E-state index in [0.717, 1.165) is 24.8 Å². The minimum absolute atomic E-state index is 0.128. The van der Waals surface area contributed by atoms with E-state index in [-0.39, 0.29) is 17.9 Å². The molecule has 0 radical (unpaired) electrons. The van der Waals surface area contributed by atoms with Crippen LogP contribution >= 0.6 is 0 Å². The van der Waals surface area contributed by atoms with Crippen LogP contribution in [0.3, 0.4) is 0 Å². The van der Waals surface area contributed by atoms with E-state index in [1.54, 1.807) is 0 Å². The molecule has 24 heavy (non-hydrogen) atoms. The minimum atomic E-state index is -0.191. The molecule has 0 unspecified atom stereocenters. The van der Waals surface area contributed by atoms with Crippen LogP contribution in [0.25, 0.3) is 0 Å². The third-order valence-corrected chi connectivity index (χ3v) is 5.08. The number of amides is 2. The highest BCUT2D eigenvalue weighted by Crippen LogP contribution is 2.46. The first-order chi connectivity index (χ1) is 11.7. The van der Waals surface area contributed by atoms with Crippen LogP contribution in [-0.4, -0.2) is 16.7 Å². The van der Waals surface area contributed by atoms with Crippen molar-refractivity contribution >= 4 is 11.8 Å². The summed E-state index contributed by atoms with van der Waals surface area (Å²) >= 11 is 0. The normalized spacial score (nSPS) is 22.2. The van der Waals surface area contributed by atoms with Crippen LogP contribution in [0.1, 0.15) is 41.5 Å². The number of hydrogen-bond acceptors (Lipinski definition) is 2. The van der Waals surface area contributed by atoms with Gasteiger partial charge >= 0.3 is 0 Å². The van der Waals surface area contributed by atoms with E-state index in [9.17, 15) is 9.59 Å². The molecule has 0 N–H and O–H groups in total. The highest BCUT2D eigenvalue weighted by atomic mass is 16.2. The summed E-state index contributed by atoms with van der Waals surface area (Å²) in [5.74, 6) is -0.000342. The van der Waals surface area contributed by atoms with Gasteiger partial charge in [-0.2, -0.15) is 0 Å². The summed E-state index contributed by atoms with van der Waals surface area (Å²) < 4.78 is 0. The molecule has 3 heteroatoms. The Balaban J connectivity index is 1.57. The van der Waals surface area contributed by atoms with Gasteiger partial charge in [-0.3, -0.25) is 14.5 Å². The van der Waals surface area contributed by atoms with Crippen molar-refractivity contribution in [2.45, 2.75) is 31.2 Å². The maximum Gasteiger partial charge on any atom is 0.254 e. The number of aryl methyl sites for hydroxylation is 1. The third-order valence-electron chi connectivity index (χ3n) is 5.08. The number of hydrogen-bond donors (Lipinski definition) is 0. The number of nitrogens with zero attached hydrogens (tertiary/aromatic N) is 1. The number of carbonyl (C=O) groups is 2. The Morgan fingerprint density at radius 2 is 1.46 bits per heavy atom. The van der Waals surface area contributed by atoms with Gasteiger partial charge in [0, 0.05) is 12.2 Å². The lowest BCUT2D eigenvalue weighted by Crippen LogP contribution is -2.33. The molecule has 2 atom stereocenters. The highest BCUT2D eigenvalue weighted by Gasteiger charge is 2.39. The Hall–Kier alpha value is -2.68. The van der Waals surface area contributed by atoms with Crippen LogP contribution in [0.2, 0.25) is 0 Å². The Bertz CT molecular complexity index is 792. The summed E-state index contributed by atoms with van der Waals surface area (Å²) in [4.78, 5) is 25.6. The van der Waals surface area contributed by atoms with Crippen molar-refractivity contribution in [2.24, 2.45) is 0 Å². The van der Waals surface area contributed by atoms with Gasteiger partial charge < -0.3 is 0 Å². The molecule has 120 valence electrons. The van der Waals surface area contributed by atoms with Crippen molar-refractivity contribution < 1.29 is 9.59 Å². The summed E-state index contributed by atoms with van der Waals surface area (Å²) in [7, 11) is 0. The molecule has 1 heterocycles. The lowest BCUT2D eigenvalue weighted by atomic mass is 9.94. The fraction of sp³-hybridized carbons (Fsp3) is 0.238. The lowest BCUT2D eigenvalue weighted by Gasteiger charge is -2.23. The van der Waals surface area contributed by atoms with Crippen LogP contribution < -0.4 is 0 Å². The van der Waals surface area contributed by atoms with E-state index in [4.69, 9.17) is 0 Å². The second kappa shape index (κ2) is 6.08. The molecule has 2 aromatic rings. The zero-order valence-electron chi connectivity index (χ0n) is 13.4. The molecule has 0 bridgehead atoms. The Kier molecular flexibility index (Phi) is 3.77. The molecule has 0 aromatic heterocycles. The van der Waals surface area contributed by atoms with Crippen molar-refractivity contribution in [2.75, 3.05) is 0 Å². The molecule has 1 aliphatic carbocycles. The predicted molar refractivity (Wildman–Crippen MR) is 92.3 cm³/mol. The largest absolute Gasteiger partial charge is 0.269 e. The summed E-state index contributed by atoms with van der Waals surface area (Å²) in [5, 5.41) is 0. The van der Waals surface area contributed by atoms with E-state index < -0.39 is 0 Å². The monoisotopic (exact) mass is 317 g/mol. The van der Waals surface area contributed by atoms with Crippen molar-refractivity contribution in [3.8, 4) is 0 Å². The van der Waals surface area contributed by atoms with Crippen molar-refractivity contribution in [3.05, 3.63) is 83.4 Å². The fourth-order valence-electron chi connectivity index (χ4n) is 3.93. The fourth-order valence-corrected chi connectivity index (χ4v) is 3.93. The van der Waals surface area contributed by atoms with Gasteiger partial charge in [0.1, 0.15) is 0 Å². The van der Waals surface area contributed by atoms with Crippen molar-refractivity contribution in [1.29, 1.82) is 0 Å². The molecular weight excluding hydrogens is 298 g/mol. The van der Waals surface area contributed by atoms with Crippen molar-refractivity contribution in [3.63, 3.8) is 0 Å². The summed E-state index contributed by atoms with van der Waals surface area (Å²) in [6.07, 6.45) is 5.61. The maximum atomic E-state index is 12.1. The minimum Gasteiger partial charge on any atom is -0.269 e. The molecule has 2 aliphatic rings. The SMILES string of the molecule is O=C1C=CC(=O)N1[C@H]1C[C@H](CCc2ccccc2)c2ccccc21. The number of benzene rings is 2. The Morgan fingerprint density at radius 3 is 2.17 bits per heavy atom. The molecule has 2 amide bonds. The van der Waals surface area contributed by atoms with Crippen LogP contribution in [0.15, 0.2) is 66.7 Å². The number of imide groups is 1. The summed E-state index contributed by atoms with van der Waals surface area (Å²) in [6, 6.07) is 18.6. The van der Waals surface area contributed by atoms with Gasteiger partial charge in [0.05, 0.1) is 6.04 Å². The first-order valence-corrected chi connectivity index (χ1v) is 8.42. The predicted octanol–water partition coefficient (Wildman–Crippen LogP) is 3.77. The maximum absolute atomic E-state index is 12.1. The van der Waals surface area contributed by atoms with Gasteiger partial charge in [-0.1, -0.05) is 54.6 Å². The third kappa shape index (κ3) is 2.56. The van der Waals surface area contributed by atoms with Crippen molar-refractivity contribution in [1.82, 2.24) is 4.90 Å². The topological polar surface area (TPSA) is 37.4 Å². The second-order valence-corrected chi connectivity index (χ2v) is 6.48. The highest BCUT2D eigenvalue weighted by molar-refractivity contribution is 6.13. The van der Waals surface area contributed by atoms with Crippen LogP contribution in [0.5, 0.6) is 0 Å². The van der Waals surface area contributed by atoms with E-state index >= 15 is 0 Å². The van der Waals surface area contributed by atoms with E-state index in [1.807, 2.05) is 18.2 Å².